The molecule has 0 amide bonds. The lowest BCUT2D eigenvalue weighted by Gasteiger charge is -2.29. The minimum absolute atomic E-state index is 0.205. The summed E-state index contributed by atoms with van der Waals surface area (Å²) in [4.78, 5) is 30.3. The molecule has 1 fully saturated rings. The topological polar surface area (TPSA) is 93.8 Å². The first kappa shape index (κ1) is 28.5. The number of allylic oxidation sites excluding steroid dienone is 2. The number of thiazole rings is 1. The van der Waals surface area contributed by atoms with Crippen LogP contribution >= 0.6 is 23.1 Å². The number of nitrogens with zero attached hydrogens (tertiary/aromatic N) is 7. The maximum atomic E-state index is 14.0. The molecule has 5 heterocycles. The van der Waals surface area contributed by atoms with Crippen LogP contribution < -0.4 is 10.9 Å². The van der Waals surface area contributed by atoms with Crippen LogP contribution in [0.5, 0.6) is 0 Å². The summed E-state index contributed by atoms with van der Waals surface area (Å²) in [6.45, 7) is 2.40. The Morgan fingerprint density at radius 3 is 2.80 bits per heavy atom. The average Bonchev–Trinajstić information content (AvgIpc) is 3.81. The zero-order chi connectivity index (χ0) is 30.0. The van der Waals surface area contributed by atoms with Crippen molar-refractivity contribution >= 4 is 45.8 Å². The van der Waals surface area contributed by atoms with E-state index in [0.717, 1.165) is 71.0 Å². The molecule has 0 spiro atoms. The highest BCUT2D eigenvalue weighted by atomic mass is 32.2. The van der Waals surface area contributed by atoms with Crippen molar-refractivity contribution in [1.29, 1.82) is 0 Å². The predicted octanol–water partition coefficient (Wildman–Crippen LogP) is 5.62. The minimum atomic E-state index is -0.205. The van der Waals surface area contributed by atoms with Gasteiger partial charge in [-0.25, -0.2) is 9.97 Å². The van der Waals surface area contributed by atoms with Gasteiger partial charge in [0.15, 0.2) is 0 Å². The van der Waals surface area contributed by atoms with Gasteiger partial charge in [-0.15, -0.1) is 11.3 Å². The number of hydrogen-bond donors (Lipinski definition) is 1. The minimum Gasteiger partial charge on any atom is -0.324 e. The second kappa shape index (κ2) is 12.4. The number of aromatic nitrogens is 6. The quantitative estimate of drug-likeness (QED) is 0.245. The molecular formula is C33H32N8OS2. The first-order valence-corrected chi connectivity index (χ1v) is 16.6. The molecule has 1 aromatic carbocycles. The Morgan fingerprint density at radius 1 is 1.14 bits per heavy atom. The number of aryl methyl sites for hydroxylation is 1. The van der Waals surface area contributed by atoms with Crippen LogP contribution in [0.25, 0.3) is 21.6 Å². The third kappa shape index (κ3) is 6.06. The smallest absolute Gasteiger partial charge is 0.268 e. The van der Waals surface area contributed by atoms with Crippen molar-refractivity contribution in [1.82, 2.24) is 34.2 Å². The molecular weight excluding hydrogens is 589 g/mol. The van der Waals surface area contributed by atoms with Crippen LogP contribution in [0, 0.1) is 11.8 Å². The van der Waals surface area contributed by atoms with E-state index in [1.807, 2.05) is 30.4 Å². The van der Waals surface area contributed by atoms with Crippen molar-refractivity contribution in [2.45, 2.75) is 31.1 Å². The zero-order valence-corrected chi connectivity index (χ0v) is 26.3. The number of thioether (sulfide) groups is 1. The zero-order valence-electron chi connectivity index (χ0n) is 24.7. The Labute approximate surface area is 264 Å². The molecule has 11 heteroatoms. The maximum Gasteiger partial charge on any atom is 0.268 e. The van der Waals surface area contributed by atoms with Gasteiger partial charge in [0.2, 0.25) is 5.95 Å². The van der Waals surface area contributed by atoms with Gasteiger partial charge in [-0.05, 0) is 55.6 Å². The van der Waals surface area contributed by atoms with Gasteiger partial charge < -0.3 is 10.2 Å². The van der Waals surface area contributed by atoms with E-state index in [0.29, 0.717) is 22.4 Å². The summed E-state index contributed by atoms with van der Waals surface area (Å²) in [5, 5.41) is 12.0. The number of hydrogen-bond acceptors (Lipinski definition) is 9. The van der Waals surface area contributed by atoms with Crippen LogP contribution in [0.1, 0.15) is 41.3 Å². The van der Waals surface area contributed by atoms with Gasteiger partial charge in [0.05, 0.1) is 23.4 Å². The van der Waals surface area contributed by atoms with E-state index >= 15 is 0 Å². The normalized spacial score (nSPS) is 17.0. The van der Waals surface area contributed by atoms with E-state index < -0.39 is 0 Å². The molecule has 7 rings (SSSR count). The molecule has 44 heavy (non-hydrogen) atoms. The maximum absolute atomic E-state index is 14.0. The van der Waals surface area contributed by atoms with Crippen molar-refractivity contribution in [3.8, 4) is 22.4 Å². The molecule has 5 aromatic rings. The van der Waals surface area contributed by atoms with Gasteiger partial charge in [0.25, 0.3) is 5.56 Å². The first-order chi connectivity index (χ1) is 21.5. The molecule has 222 valence electrons. The monoisotopic (exact) mass is 620 g/mol. The number of rotatable bonds is 6. The van der Waals surface area contributed by atoms with E-state index in [1.54, 1.807) is 39.0 Å². The van der Waals surface area contributed by atoms with Gasteiger partial charge in [0.1, 0.15) is 10.7 Å². The summed E-state index contributed by atoms with van der Waals surface area (Å²) in [6, 6.07) is 10.3. The molecule has 9 nitrogen and oxygen atoms in total. The molecule has 1 N–H and O–H groups in total. The fraction of sp³-hybridized carbons (Fsp3) is 0.303. The molecule has 1 saturated heterocycles. The van der Waals surface area contributed by atoms with Crippen molar-refractivity contribution in [2.24, 2.45) is 7.05 Å². The SMILES string of the molecule is CN1CCSC(c2ccc(Nc3ncc4cc(C#CC5=CCCC5)c(=O)n(Cc5nn(C)cc5-c5nccs5)c4n3)cc2)C1. The summed E-state index contributed by atoms with van der Waals surface area (Å²) in [5.74, 6) is 7.93. The van der Waals surface area contributed by atoms with E-state index in [9.17, 15) is 4.79 Å². The van der Waals surface area contributed by atoms with E-state index in [4.69, 9.17) is 10.1 Å². The summed E-state index contributed by atoms with van der Waals surface area (Å²) in [6.07, 6.45) is 10.7. The highest BCUT2D eigenvalue weighted by Gasteiger charge is 2.20. The van der Waals surface area contributed by atoms with Gasteiger partial charge in [-0.3, -0.25) is 14.0 Å². The Balaban J connectivity index is 1.25. The molecule has 2 aliphatic rings. The molecule has 1 unspecified atom stereocenters. The van der Waals surface area contributed by atoms with Gasteiger partial charge >= 0.3 is 0 Å². The number of fused-ring (bicyclic) bond motifs is 1. The summed E-state index contributed by atoms with van der Waals surface area (Å²) >= 11 is 3.55. The Morgan fingerprint density at radius 2 is 2.02 bits per heavy atom. The molecule has 1 aliphatic heterocycles. The van der Waals surface area contributed by atoms with Crippen molar-refractivity contribution < 1.29 is 0 Å². The highest BCUT2D eigenvalue weighted by molar-refractivity contribution is 7.99. The van der Waals surface area contributed by atoms with E-state index in [2.05, 4.69) is 69.4 Å². The first-order valence-electron chi connectivity index (χ1n) is 14.7. The molecule has 0 saturated carbocycles. The van der Waals surface area contributed by atoms with Crippen LogP contribution in [0.15, 0.2) is 70.7 Å². The number of likely N-dealkylation sites (N-methyl/N-ethyl adjacent to an activating group) is 1. The molecule has 1 aliphatic carbocycles. The summed E-state index contributed by atoms with van der Waals surface area (Å²) in [7, 11) is 4.05. The van der Waals surface area contributed by atoms with Gasteiger partial charge in [-0.1, -0.05) is 30.0 Å². The van der Waals surface area contributed by atoms with E-state index in [1.165, 1.54) is 5.56 Å². The highest BCUT2D eigenvalue weighted by Crippen LogP contribution is 2.33. The second-order valence-corrected chi connectivity index (χ2v) is 13.4. The van der Waals surface area contributed by atoms with Gasteiger partial charge in [-0.2, -0.15) is 21.8 Å². The van der Waals surface area contributed by atoms with E-state index in [-0.39, 0.29) is 12.1 Å². The average molecular weight is 621 g/mol. The van der Waals surface area contributed by atoms with Crippen molar-refractivity contribution in [2.75, 3.05) is 31.2 Å². The summed E-state index contributed by atoms with van der Waals surface area (Å²) in [5.41, 5.74) is 5.66. The molecule has 4 aromatic heterocycles. The number of pyridine rings is 1. The van der Waals surface area contributed by atoms with Crippen molar-refractivity contribution in [3.05, 3.63) is 93.1 Å². The Kier molecular flexibility index (Phi) is 8.04. The van der Waals surface area contributed by atoms with Gasteiger partial charge in [0, 0.05) is 66.2 Å². The lowest BCUT2D eigenvalue weighted by atomic mass is 10.1. The molecule has 0 bridgehead atoms. The second-order valence-electron chi connectivity index (χ2n) is 11.2. The molecule has 0 radical (unpaired) electrons. The summed E-state index contributed by atoms with van der Waals surface area (Å²) < 4.78 is 3.42. The third-order valence-electron chi connectivity index (χ3n) is 7.91. The van der Waals surface area contributed by atoms with Crippen molar-refractivity contribution in [3.63, 3.8) is 0 Å². The standard InChI is InChI=1S/C33H32N8OS2/c1-39-14-16-43-29(21-39)23-9-11-26(12-10-23)36-33-35-18-25-17-24(8-7-22-5-3-4-6-22)32(42)41(30(25)37-33)20-28-27(19-40(2)38-28)31-34-13-15-44-31/h5,9-13,15,17-19,29H,3-4,6,14,16,20-21H2,1-2H3,(H,35,36,37). The Bertz CT molecular complexity index is 1970. The number of benzene rings is 1. The number of anilines is 2. The number of nitrogens with one attached hydrogen (secondary N) is 1. The lowest BCUT2D eigenvalue weighted by molar-refractivity contribution is 0.347. The third-order valence-corrected chi connectivity index (χ3v) is 9.96. The lowest BCUT2D eigenvalue weighted by Crippen LogP contribution is -2.30. The van der Waals surface area contributed by atoms with Crippen LogP contribution in [-0.2, 0) is 13.6 Å². The van der Waals surface area contributed by atoms with Crippen LogP contribution in [0.2, 0.25) is 0 Å². The van der Waals surface area contributed by atoms with Crippen LogP contribution in [0.4, 0.5) is 11.6 Å². The van der Waals surface area contributed by atoms with Crippen LogP contribution in [-0.4, -0.2) is 60.1 Å². The fourth-order valence-electron chi connectivity index (χ4n) is 5.61. The predicted molar refractivity (Wildman–Crippen MR) is 178 cm³/mol. The largest absolute Gasteiger partial charge is 0.324 e. The fourth-order valence-corrected chi connectivity index (χ4v) is 7.69. The Hall–Kier alpha value is -4.24. The molecule has 1 atom stereocenters. The van der Waals surface area contributed by atoms with Crippen LogP contribution in [0.3, 0.4) is 0 Å².